The fourth-order valence-electron chi connectivity index (χ4n) is 1.43. The maximum absolute atomic E-state index is 11.1. The summed E-state index contributed by atoms with van der Waals surface area (Å²) in [5, 5.41) is 0. The van der Waals surface area contributed by atoms with Crippen LogP contribution in [0.25, 0.3) is 0 Å². The Morgan fingerprint density at radius 3 is 2.58 bits per heavy atom. The van der Waals surface area contributed by atoms with E-state index in [0.717, 1.165) is 11.1 Å². The van der Waals surface area contributed by atoms with E-state index >= 15 is 0 Å². The summed E-state index contributed by atoms with van der Waals surface area (Å²) in [6.45, 7) is 0. The van der Waals surface area contributed by atoms with Crippen molar-refractivity contribution in [2.45, 2.75) is 11.5 Å². The van der Waals surface area contributed by atoms with Crippen molar-refractivity contribution in [2.75, 3.05) is 0 Å². The van der Waals surface area contributed by atoms with Gasteiger partial charge in [-0.15, -0.1) is 0 Å². The first-order chi connectivity index (χ1) is 5.57. The lowest BCUT2D eigenvalue weighted by Crippen LogP contribution is -1.95. The highest BCUT2D eigenvalue weighted by atomic mass is 32.2. The van der Waals surface area contributed by atoms with Crippen LogP contribution < -0.4 is 5.73 Å². The lowest BCUT2D eigenvalue weighted by atomic mass is 10.1. The summed E-state index contributed by atoms with van der Waals surface area (Å²) in [5.41, 5.74) is 9.33. The second kappa shape index (κ2) is 2.23. The van der Waals surface area contributed by atoms with Crippen LogP contribution in [-0.2, 0) is 21.3 Å². The summed E-state index contributed by atoms with van der Waals surface area (Å²) in [5.74, 6) is 0.248. The van der Waals surface area contributed by atoms with E-state index in [-0.39, 0.29) is 11.5 Å². The van der Waals surface area contributed by atoms with E-state index in [2.05, 4.69) is 0 Å². The van der Waals surface area contributed by atoms with Crippen LogP contribution in [0.1, 0.15) is 11.1 Å². The number of nitrogens with one attached hydrogen (secondary N) is 1. The Morgan fingerprint density at radius 2 is 1.83 bits per heavy atom. The average Bonchev–Trinajstić information content (AvgIpc) is 2.21. The van der Waals surface area contributed by atoms with Crippen molar-refractivity contribution >= 4 is 15.5 Å². The van der Waals surface area contributed by atoms with Gasteiger partial charge in [0.2, 0.25) is 0 Å². The lowest BCUT2D eigenvalue weighted by molar-refractivity contribution is 0.598. The van der Waals surface area contributed by atoms with E-state index < -0.39 is 9.84 Å². The third kappa shape index (κ3) is 1.18. The molecule has 0 amide bonds. The maximum Gasteiger partial charge on any atom is 0.158 e. The van der Waals surface area contributed by atoms with Crippen molar-refractivity contribution in [3.63, 3.8) is 0 Å². The Labute approximate surface area is 71.1 Å². The third-order valence-electron chi connectivity index (χ3n) is 1.96. The van der Waals surface area contributed by atoms with E-state index in [9.17, 15) is 8.42 Å². The number of hydrogen-bond acceptors (Lipinski definition) is 2. The molecule has 4 heteroatoms. The summed E-state index contributed by atoms with van der Waals surface area (Å²) < 4.78 is 22.3. The molecule has 0 saturated heterocycles. The molecule has 0 bridgehead atoms. The molecule has 1 aliphatic rings. The van der Waals surface area contributed by atoms with Crippen LogP contribution in [0, 0.1) is 0 Å². The van der Waals surface area contributed by atoms with Crippen molar-refractivity contribution in [2.24, 2.45) is 0 Å². The van der Waals surface area contributed by atoms with Crippen LogP contribution in [0.5, 0.6) is 0 Å². The monoisotopic (exact) mass is 182 g/mol. The van der Waals surface area contributed by atoms with E-state index in [1.165, 1.54) is 0 Å². The van der Waals surface area contributed by atoms with Crippen molar-refractivity contribution in [3.05, 3.63) is 29.3 Å². The molecule has 63 valence electrons. The number of hydrogen-bond donors (Lipinski definition) is 0. The summed E-state index contributed by atoms with van der Waals surface area (Å²) in [7, 11) is -2.91. The summed E-state index contributed by atoms with van der Waals surface area (Å²) in [6.07, 6.45) is 0. The molecule has 1 N–H and O–H groups in total. The number of fused-ring (bicyclic) bond motifs is 1. The second-order valence-electron chi connectivity index (χ2n) is 3.02. The molecular weight excluding hydrogens is 174 g/mol. The highest BCUT2D eigenvalue weighted by Crippen LogP contribution is 2.26. The molecule has 0 aromatic heterocycles. The molecule has 12 heavy (non-hydrogen) atoms. The van der Waals surface area contributed by atoms with Crippen molar-refractivity contribution in [3.8, 4) is 0 Å². The van der Waals surface area contributed by atoms with Gasteiger partial charge < -0.3 is 5.73 Å². The Morgan fingerprint density at radius 1 is 1.17 bits per heavy atom. The van der Waals surface area contributed by atoms with Crippen LogP contribution in [-0.4, -0.2) is 8.42 Å². The Bertz CT molecular complexity index is 423. The Balaban J connectivity index is 2.56. The predicted molar refractivity (Wildman–Crippen MR) is 45.5 cm³/mol. The topological polar surface area (TPSA) is 57.9 Å². The van der Waals surface area contributed by atoms with Gasteiger partial charge in [-0.3, -0.25) is 0 Å². The van der Waals surface area contributed by atoms with Gasteiger partial charge in [0.25, 0.3) is 0 Å². The molecule has 1 aromatic carbocycles. The zero-order valence-corrected chi connectivity index (χ0v) is 7.19. The Kier molecular flexibility index (Phi) is 1.41. The number of sulfone groups is 1. The zero-order chi connectivity index (χ0) is 8.77. The van der Waals surface area contributed by atoms with Gasteiger partial charge in [0.1, 0.15) is 0 Å². The first kappa shape index (κ1) is 7.61. The summed E-state index contributed by atoms with van der Waals surface area (Å²) in [4.78, 5) is 0. The normalized spacial score (nSPS) is 19.0. The van der Waals surface area contributed by atoms with Gasteiger partial charge in [-0.2, -0.15) is 0 Å². The van der Waals surface area contributed by atoms with Crippen LogP contribution in [0.15, 0.2) is 18.2 Å². The van der Waals surface area contributed by atoms with Gasteiger partial charge in [0.15, 0.2) is 9.84 Å². The van der Waals surface area contributed by atoms with Gasteiger partial charge in [0, 0.05) is 0 Å². The maximum atomic E-state index is 11.1. The fourth-order valence-corrected chi connectivity index (χ4v) is 3.03. The van der Waals surface area contributed by atoms with Crippen LogP contribution in [0.4, 0.5) is 5.69 Å². The Hall–Kier alpha value is -1.03. The molecule has 0 saturated carbocycles. The first-order valence-corrected chi connectivity index (χ1v) is 5.43. The van der Waals surface area contributed by atoms with E-state index in [1.807, 2.05) is 0 Å². The second-order valence-corrected chi connectivity index (χ2v) is 5.08. The molecular formula is C8H8NO2S. The molecule has 1 heterocycles. The molecule has 1 aliphatic heterocycles. The third-order valence-corrected chi connectivity index (χ3v) is 3.46. The number of benzene rings is 1. The summed E-state index contributed by atoms with van der Waals surface area (Å²) >= 11 is 0. The van der Waals surface area contributed by atoms with Gasteiger partial charge in [-0.25, -0.2) is 8.42 Å². The van der Waals surface area contributed by atoms with Crippen LogP contribution in [0.3, 0.4) is 0 Å². The van der Waals surface area contributed by atoms with Crippen LogP contribution >= 0.6 is 0 Å². The van der Waals surface area contributed by atoms with E-state index in [0.29, 0.717) is 5.69 Å². The smallest absolute Gasteiger partial charge is 0.158 e. The van der Waals surface area contributed by atoms with E-state index in [1.54, 1.807) is 18.2 Å². The fraction of sp³-hybridized carbons (Fsp3) is 0.250. The van der Waals surface area contributed by atoms with Gasteiger partial charge in [0.05, 0.1) is 17.2 Å². The molecule has 0 spiro atoms. The van der Waals surface area contributed by atoms with Crippen LogP contribution in [0.2, 0.25) is 0 Å². The largest absolute Gasteiger partial charge is 0.301 e. The molecule has 1 aromatic rings. The minimum Gasteiger partial charge on any atom is -0.301 e. The molecule has 0 atom stereocenters. The zero-order valence-electron chi connectivity index (χ0n) is 6.37. The highest BCUT2D eigenvalue weighted by molar-refractivity contribution is 7.90. The van der Waals surface area contributed by atoms with Crippen molar-refractivity contribution < 1.29 is 8.42 Å². The average molecular weight is 182 g/mol. The molecule has 3 nitrogen and oxygen atoms in total. The minimum atomic E-state index is -2.91. The minimum absolute atomic E-state index is 0.106. The van der Waals surface area contributed by atoms with Gasteiger partial charge in [-0.05, 0) is 23.3 Å². The van der Waals surface area contributed by atoms with Gasteiger partial charge >= 0.3 is 0 Å². The molecule has 0 unspecified atom stereocenters. The van der Waals surface area contributed by atoms with E-state index in [4.69, 9.17) is 5.73 Å². The standard InChI is InChI=1S/C8H8NO2S/c9-8-2-1-6-4-12(10,11)5-7(6)3-8/h1-3,9H,4-5H2. The summed E-state index contributed by atoms with van der Waals surface area (Å²) in [6, 6.07) is 4.97. The molecule has 2 rings (SSSR count). The quantitative estimate of drug-likeness (QED) is 0.601. The molecule has 0 fully saturated rings. The SMILES string of the molecule is [NH]c1ccc2c(c1)CS(=O)(=O)C2. The predicted octanol–water partition coefficient (Wildman–Crippen LogP) is 1.03. The highest BCUT2D eigenvalue weighted by Gasteiger charge is 2.24. The molecule has 1 radical (unpaired) electrons. The van der Waals surface area contributed by atoms with Crippen molar-refractivity contribution in [1.82, 2.24) is 5.73 Å². The van der Waals surface area contributed by atoms with Gasteiger partial charge in [-0.1, -0.05) is 6.07 Å². The molecule has 0 aliphatic carbocycles. The number of rotatable bonds is 0. The first-order valence-electron chi connectivity index (χ1n) is 3.61. The van der Waals surface area contributed by atoms with Crippen molar-refractivity contribution in [1.29, 1.82) is 0 Å². The lowest BCUT2D eigenvalue weighted by Gasteiger charge is -1.95.